The first-order valence-corrected chi connectivity index (χ1v) is 12.1. The van der Waals surface area contributed by atoms with E-state index < -0.39 is 5.91 Å². The van der Waals surface area contributed by atoms with Gasteiger partial charge in [-0.3, -0.25) is 4.79 Å². The van der Waals surface area contributed by atoms with Crippen LogP contribution < -0.4 is 5.32 Å². The average molecular weight is 463 g/mol. The number of benzene rings is 2. The van der Waals surface area contributed by atoms with E-state index in [4.69, 9.17) is 0 Å². The summed E-state index contributed by atoms with van der Waals surface area (Å²) < 4.78 is 2.13. The number of carbonyl (C=O) groups excluding carboxylic acids is 1. The minimum atomic E-state index is -0.488. The van der Waals surface area contributed by atoms with Gasteiger partial charge >= 0.3 is 0 Å². The van der Waals surface area contributed by atoms with E-state index in [1.165, 1.54) is 21.8 Å². The molecule has 2 aromatic heterocycles. The lowest BCUT2D eigenvalue weighted by molar-refractivity contribution is -0.112. The van der Waals surface area contributed by atoms with Crippen LogP contribution in [0.2, 0.25) is 0 Å². The summed E-state index contributed by atoms with van der Waals surface area (Å²) >= 11 is 1.46. The molecule has 0 aliphatic heterocycles. The van der Waals surface area contributed by atoms with E-state index in [1.807, 2.05) is 48.7 Å². The van der Waals surface area contributed by atoms with E-state index in [0.717, 1.165) is 47.7 Å². The van der Waals surface area contributed by atoms with E-state index in [1.54, 1.807) is 6.08 Å². The average Bonchev–Trinajstić information content (AvgIpc) is 3.40. The van der Waals surface area contributed by atoms with Gasteiger partial charge in [0, 0.05) is 34.1 Å². The van der Waals surface area contributed by atoms with Crippen molar-refractivity contribution in [3.8, 4) is 12.1 Å². The zero-order valence-electron chi connectivity index (χ0n) is 18.5. The predicted octanol–water partition coefficient (Wildman–Crippen LogP) is 6.05. The minimum absolute atomic E-state index is 0.0119. The number of nitrogens with zero attached hydrogens (tertiary/aromatic N) is 3. The first kappa shape index (κ1) is 21.7. The second kappa shape index (κ2) is 9.39. The molecule has 1 aliphatic rings. The summed E-state index contributed by atoms with van der Waals surface area (Å²) in [5.41, 5.74) is 4.63. The molecule has 0 radical (unpaired) electrons. The monoisotopic (exact) mass is 462 g/mol. The summed E-state index contributed by atoms with van der Waals surface area (Å²) in [5.74, 6) is -0.488. The van der Waals surface area contributed by atoms with Crippen LogP contribution in [0.5, 0.6) is 0 Å². The molecule has 0 unspecified atom stereocenters. The lowest BCUT2D eigenvalue weighted by Crippen LogP contribution is -2.13. The second-order valence-electron chi connectivity index (χ2n) is 8.37. The summed E-state index contributed by atoms with van der Waals surface area (Å²) in [4.78, 5) is 14.2. The predicted molar refractivity (Wildman–Crippen MR) is 135 cm³/mol. The van der Waals surface area contributed by atoms with E-state index in [2.05, 4.69) is 34.2 Å². The molecule has 1 N–H and O–H groups in total. The van der Waals surface area contributed by atoms with Crippen molar-refractivity contribution in [2.45, 2.75) is 32.2 Å². The van der Waals surface area contributed by atoms with Crippen molar-refractivity contribution in [1.29, 1.82) is 10.5 Å². The lowest BCUT2D eigenvalue weighted by atomic mass is 9.96. The van der Waals surface area contributed by atoms with Gasteiger partial charge in [-0.15, -0.1) is 11.3 Å². The molecule has 6 heteroatoms. The van der Waals surface area contributed by atoms with Crippen molar-refractivity contribution < 1.29 is 4.79 Å². The maximum absolute atomic E-state index is 13.1. The normalized spacial score (nSPS) is 13.2. The Kier molecular flexibility index (Phi) is 5.99. The van der Waals surface area contributed by atoms with Gasteiger partial charge in [-0.05, 0) is 49.0 Å². The molecular formula is C28H22N4OS. The van der Waals surface area contributed by atoms with E-state index in [9.17, 15) is 15.3 Å². The highest BCUT2D eigenvalue weighted by atomic mass is 32.1. The standard InChI is InChI=1S/C28H22N4OS/c29-15-20(27(33)31-28-24(16-30)23-11-5-7-13-26(23)34-28)14-21-18-32(17-19-8-2-1-3-9-19)25-12-6-4-10-22(21)25/h1-4,6,8-10,12,14,18H,5,7,11,13,17H2,(H,31,33)/b20-14+. The summed E-state index contributed by atoms with van der Waals surface area (Å²) in [6.07, 6.45) is 7.58. The number of rotatable bonds is 5. The van der Waals surface area contributed by atoms with Crippen molar-refractivity contribution in [2.24, 2.45) is 0 Å². The van der Waals surface area contributed by atoms with Crippen LogP contribution in [-0.2, 0) is 24.2 Å². The van der Waals surface area contributed by atoms with E-state index >= 15 is 0 Å². The number of para-hydroxylation sites is 1. The largest absolute Gasteiger partial charge is 0.342 e. The van der Waals surface area contributed by atoms with Crippen LogP contribution in [0.25, 0.3) is 17.0 Å². The Balaban J connectivity index is 1.47. The lowest BCUT2D eigenvalue weighted by Gasteiger charge is -2.09. The number of amides is 1. The molecule has 0 bridgehead atoms. The van der Waals surface area contributed by atoms with Gasteiger partial charge in [0.1, 0.15) is 22.7 Å². The molecule has 2 aromatic carbocycles. The number of aryl methyl sites for hydroxylation is 1. The molecule has 5 rings (SSSR count). The zero-order chi connectivity index (χ0) is 23.5. The topological polar surface area (TPSA) is 81.6 Å². The van der Waals surface area contributed by atoms with Gasteiger partial charge in [-0.25, -0.2) is 0 Å². The molecule has 5 nitrogen and oxygen atoms in total. The molecule has 166 valence electrons. The highest BCUT2D eigenvalue weighted by Gasteiger charge is 2.23. The first-order valence-electron chi connectivity index (χ1n) is 11.3. The SMILES string of the molecule is N#C/C(=C\c1cn(Cc2ccccc2)c2ccccc12)C(=O)Nc1sc2c(c1C#N)CCCC2. The van der Waals surface area contributed by atoms with Gasteiger partial charge in [0.15, 0.2) is 0 Å². The molecule has 0 fully saturated rings. The molecule has 0 spiro atoms. The number of fused-ring (bicyclic) bond motifs is 2. The first-order chi connectivity index (χ1) is 16.7. The number of carbonyl (C=O) groups is 1. The van der Waals surface area contributed by atoms with E-state index in [-0.39, 0.29) is 5.57 Å². The molecule has 1 aliphatic carbocycles. The third kappa shape index (κ3) is 4.12. The van der Waals surface area contributed by atoms with Crippen LogP contribution in [0.15, 0.2) is 66.4 Å². The Hall–Kier alpha value is -4.13. The van der Waals surface area contributed by atoms with Crippen molar-refractivity contribution in [3.63, 3.8) is 0 Å². The van der Waals surface area contributed by atoms with Crippen molar-refractivity contribution in [1.82, 2.24) is 4.57 Å². The van der Waals surface area contributed by atoms with Crippen LogP contribution >= 0.6 is 11.3 Å². The molecular weight excluding hydrogens is 440 g/mol. The number of nitriles is 2. The Morgan fingerprint density at radius 1 is 1.06 bits per heavy atom. The summed E-state index contributed by atoms with van der Waals surface area (Å²) in [6, 6.07) is 22.4. The van der Waals surface area contributed by atoms with Gasteiger partial charge in [-0.1, -0.05) is 48.5 Å². The molecule has 2 heterocycles. The maximum Gasteiger partial charge on any atom is 0.266 e. The zero-order valence-corrected chi connectivity index (χ0v) is 19.4. The number of aromatic nitrogens is 1. The van der Waals surface area contributed by atoms with Gasteiger partial charge in [0.05, 0.1) is 5.56 Å². The van der Waals surface area contributed by atoms with Crippen LogP contribution in [0.1, 0.15) is 40.0 Å². The Morgan fingerprint density at radius 3 is 2.62 bits per heavy atom. The summed E-state index contributed by atoms with van der Waals surface area (Å²) in [7, 11) is 0. The minimum Gasteiger partial charge on any atom is -0.342 e. The Labute approximate surface area is 202 Å². The van der Waals surface area contributed by atoms with Crippen LogP contribution in [0, 0.1) is 22.7 Å². The van der Waals surface area contributed by atoms with Gasteiger partial charge < -0.3 is 9.88 Å². The summed E-state index contributed by atoms with van der Waals surface area (Å²) in [6.45, 7) is 0.690. The quantitative estimate of drug-likeness (QED) is 0.290. The van der Waals surface area contributed by atoms with Gasteiger partial charge in [0.25, 0.3) is 5.91 Å². The molecule has 1 amide bonds. The number of nitrogens with one attached hydrogen (secondary N) is 1. The van der Waals surface area contributed by atoms with Crippen molar-refractivity contribution in [2.75, 3.05) is 5.32 Å². The van der Waals surface area contributed by atoms with Crippen LogP contribution in [0.4, 0.5) is 5.00 Å². The van der Waals surface area contributed by atoms with Crippen molar-refractivity contribution in [3.05, 3.63) is 93.5 Å². The molecule has 0 saturated heterocycles. The maximum atomic E-state index is 13.1. The third-order valence-corrected chi connectivity index (χ3v) is 7.40. The summed E-state index contributed by atoms with van der Waals surface area (Å²) in [5, 5.41) is 23.8. The number of hydrogen-bond donors (Lipinski definition) is 1. The second-order valence-corrected chi connectivity index (χ2v) is 9.47. The van der Waals surface area contributed by atoms with Gasteiger partial charge in [-0.2, -0.15) is 10.5 Å². The highest BCUT2D eigenvalue weighted by Crippen LogP contribution is 2.38. The smallest absolute Gasteiger partial charge is 0.266 e. The Morgan fingerprint density at radius 2 is 1.82 bits per heavy atom. The van der Waals surface area contributed by atoms with Crippen LogP contribution in [-0.4, -0.2) is 10.5 Å². The molecule has 0 atom stereocenters. The molecule has 0 saturated carbocycles. The highest BCUT2D eigenvalue weighted by molar-refractivity contribution is 7.16. The number of hydrogen-bond acceptors (Lipinski definition) is 4. The van der Waals surface area contributed by atoms with E-state index in [0.29, 0.717) is 17.1 Å². The van der Waals surface area contributed by atoms with Crippen molar-refractivity contribution >= 4 is 39.2 Å². The number of anilines is 1. The molecule has 4 aromatic rings. The number of thiophene rings is 1. The fourth-order valence-electron chi connectivity index (χ4n) is 4.55. The Bertz CT molecular complexity index is 1500. The fourth-order valence-corrected chi connectivity index (χ4v) is 5.78. The van der Waals surface area contributed by atoms with Gasteiger partial charge in [0.2, 0.25) is 0 Å². The van der Waals surface area contributed by atoms with Crippen LogP contribution in [0.3, 0.4) is 0 Å². The fraction of sp³-hybridized carbons (Fsp3) is 0.179. The molecule has 34 heavy (non-hydrogen) atoms. The third-order valence-electron chi connectivity index (χ3n) is 6.19.